The predicted molar refractivity (Wildman–Crippen MR) is 81.4 cm³/mol. The van der Waals surface area contributed by atoms with E-state index in [1.807, 2.05) is 0 Å². The van der Waals surface area contributed by atoms with Crippen molar-refractivity contribution in [2.75, 3.05) is 0 Å². The van der Waals surface area contributed by atoms with E-state index in [2.05, 4.69) is 60.6 Å². The molecule has 1 atom stereocenters. The zero-order chi connectivity index (χ0) is 14.6. The molecule has 0 fully saturated rings. The van der Waals surface area contributed by atoms with E-state index in [1.54, 1.807) is 0 Å². The van der Waals surface area contributed by atoms with Crippen molar-refractivity contribution in [3.63, 3.8) is 0 Å². The Bertz CT molecular complexity index is 408. The van der Waals surface area contributed by atoms with Gasteiger partial charge in [-0.15, -0.1) is 0 Å². The Morgan fingerprint density at radius 3 is 1.89 bits per heavy atom. The molecule has 0 aliphatic rings. The van der Waals surface area contributed by atoms with Crippen molar-refractivity contribution in [1.82, 2.24) is 0 Å². The van der Waals surface area contributed by atoms with Crippen LogP contribution >= 0.6 is 0 Å². The van der Waals surface area contributed by atoms with Crippen molar-refractivity contribution in [2.45, 2.75) is 73.0 Å². The zero-order valence-corrected chi connectivity index (χ0v) is 13.4. The van der Waals surface area contributed by atoms with Gasteiger partial charge in [-0.1, -0.05) is 13.8 Å². The Morgan fingerprint density at radius 1 is 0.895 bits per heavy atom. The Labute approximate surface area is 118 Å². The fraction of sp³-hybridized carbons (Fsp3) is 0.647. The van der Waals surface area contributed by atoms with Gasteiger partial charge in [0.1, 0.15) is 11.5 Å². The number of hydrogen-bond donors (Lipinski definition) is 0. The second-order valence-corrected chi connectivity index (χ2v) is 5.80. The lowest BCUT2D eigenvalue weighted by Gasteiger charge is -2.21. The van der Waals surface area contributed by atoms with E-state index in [4.69, 9.17) is 9.47 Å². The lowest BCUT2D eigenvalue weighted by molar-refractivity contribution is 0.230. The molecule has 1 aromatic carbocycles. The van der Waals surface area contributed by atoms with E-state index in [9.17, 15) is 0 Å². The topological polar surface area (TPSA) is 18.5 Å². The molecule has 0 heterocycles. The van der Waals surface area contributed by atoms with Gasteiger partial charge < -0.3 is 9.47 Å². The number of benzene rings is 1. The number of ether oxygens (including phenoxy) is 2. The maximum Gasteiger partial charge on any atom is 0.123 e. The van der Waals surface area contributed by atoms with Gasteiger partial charge in [-0.25, -0.2) is 0 Å². The predicted octanol–water partition coefficient (Wildman–Crippen LogP) is 5.08. The fourth-order valence-corrected chi connectivity index (χ4v) is 2.02. The molecule has 0 aliphatic heterocycles. The van der Waals surface area contributed by atoms with E-state index < -0.39 is 0 Å². The van der Waals surface area contributed by atoms with Gasteiger partial charge in [0, 0.05) is 5.56 Å². The molecule has 0 bridgehead atoms. The molecule has 2 heteroatoms. The summed E-state index contributed by atoms with van der Waals surface area (Å²) in [5.74, 6) is 2.45. The van der Waals surface area contributed by atoms with E-state index >= 15 is 0 Å². The zero-order valence-electron chi connectivity index (χ0n) is 13.4. The molecule has 0 saturated carbocycles. The first-order valence-electron chi connectivity index (χ1n) is 7.33. The molecule has 2 nitrogen and oxygen atoms in total. The third kappa shape index (κ3) is 4.45. The van der Waals surface area contributed by atoms with E-state index in [0.717, 1.165) is 23.5 Å². The Morgan fingerprint density at radius 2 is 1.42 bits per heavy atom. The molecule has 0 N–H and O–H groups in total. The monoisotopic (exact) mass is 264 g/mol. The van der Waals surface area contributed by atoms with E-state index in [1.165, 1.54) is 5.56 Å². The average Bonchev–Trinajstić information content (AvgIpc) is 2.30. The summed E-state index contributed by atoms with van der Waals surface area (Å²) in [6, 6.07) is 4.26. The Kier molecular flexibility index (Phi) is 5.71. The molecular formula is C17H28O2. The summed E-state index contributed by atoms with van der Waals surface area (Å²) in [6.07, 6.45) is 1.48. The standard InChI is InChI=1S/C17H28O2/c1-8-13(6)15-10-16(18-11(2)3)14(7)9-17(15)19-12(4)5/h9-13H,8H2,1-7H3. The van der Waals surface area contributed by atoms with Gasteiger partial charge in [-0.2, -0.15) is 0 Å². The summed E-state index contributed by atoms with van der Waals surface area (Å²) < 4.78 is 11.8. The second kappa shape index (κ2) is 6.83. The number of rotatable bonds is 6. The molecule has 1 unspecified atom stereocenters. The first-order chi connectivity index (χ1) is 8.85. The molecule has 1 rings (SSSR count). The van der Waals surface area contributed by atoms with Crippen LogP contribution in [0, 0.1) is 6.92 Å². The van der Waals surface area contributed by atoms with Crippen LogP contribution in [0.5, 0.6) is 11.5 Å². The molecule has 0 aromatic heterocycles. The molecule has 108 valence electrons. The summed E-state index contributed by atoms with van der Waals surface area (Å²) in [4.78, 5) is 0. The molecule has 0 spiro atoms. The van der Waals surface area contributed by atoms with Crippen LogP contribution in [-0.4, -0.2) is 12.2 Å². The van der Waals surface area contributed by atoms with Crippen LogP contribution < -0.4 is 9.47 Å². The van der Waals surface area contributed by atoms with Gasteiger partial charge in [0.15, 0.2) is 0 Å². The molecular weight excluding hydrogens is 236 g/mol. The van der Waals surface area contributed by atoms with Crippen LogP contribution in [0.25, 0.3) is 0 Å². The first-order valence-corrected chi connectivity index (χ1v) is 7.33. The highest BCUT2D eigenvalue weighted by molar-refractivity contribution is 5.47. The van der Waals surface area contributed by atoms with Crippen LogP contribution in [0.1, 0.15) is 65.0 Å². The summed E-state index contributed by atoms with van der Waals surface area (Å²) >= 11 is 0. The van der Waals surface area contributed by atoms with Gasteiger partial charge in [0.25, 0.3) is 0 Å². The van der Waals surface area contributed by atoms with Crippen molar-refractivity contribution in [1.29, 1.82) is 0 Å². The highest BCUT2D eigenvalue weighted by Gasteiger charge is 2.15. The van der Waals surface area contributed by atoms with Gasteiger partial charge in [0.05, 0.1) is 12.2 Å². The Balaban J connectivity index is 3.20. The lowest BCUT2D eigenvalue weighted by Crippen LogP contribution is -2.11. The molecule has 0 radical (unpaired) electrons. The SMILES string of the molecule is CCC(C)c1cc(OC(C)C)c(C)cc1OC(C)C. The van der Waals surface area contributed by atoms with Crippen LogP contribution in [-0.2, 0) is 0 Å². The molecule has 19 heavy (non-hydrogen) atoms. The lowest BCUT2D eigenvalue weighted by atomic mass is 9.96. The van der Waals surface area contributed by atoms with Gasteiger partial charge >= 0.3 is 0 Å². The Hall–Kier alpha value is -1.18. The second-order valence-electron chi connectivity index (χ2n) is 5.80. The van der Waals surface area contributed by atoms with Gasteiger partial charge in [-0.3, -0.25) is 0 Å². The van der Waals surface area contributed by atoms with Gasteiger partial charge in [-0.05, 0) is 64.7 Å². The summed E-state index contributed by atoms with van der Waals surface area (Å²) in [7, 11) is 0. The van der Waals surface area contributed by atoms with Crippen molar-refractivity contribution in [3.05, 3.63) is 23.3 Å². The molecule has 0 amide bonds. The minimum absolute atomic E-state index is 0.194. The van der Waals surface area contributed by atoms with Crippen molar-refractivity contribution in [2.24, 2.45) is 0 Å². The van der Waals surface area contributed by atoms with Crippen LogP contribution in [0.3, 0.4) is 0 Å². The highest BCUT2D eigenvalue weighted by atomic mass is 16.5. The normalized spacial score (nSPS) is 12.9. The van der Waals surface area contributed by atoms with E-state index in [0.29, 0.717) is 5.92 Å². The molecule has 0 saturated heterocycles. The summed E-state index contributed by atoms with van der Waals surface area (Å²) in [5.41, 5.74) is 2.38. The molecule has 1 aromatic rings. The van der Waals surface area contributed by atoms with Crippen LogP contribution in [0.15, 0.2) is 12.1 Å². The van der Waals surface area contributed by atoms with Crippen LogP contribution in [0.2, 0.25) is 0 Å². The smallest absolute Gasteiger partial charge is 0.123 e. The van der Waals surface area contributed by atoms with Crippen LogP contribution in [0.4, 0.5) is 0 Å². The summed E-state index contributed by atoms with van der Waals surface area (Å²) in [5, 5.41) is 0. The largest absolute Gasteiger partial charge is 0.491 e. The maximum absolute atomic E-state index is 5.95. The highest BCUT2D eigenvalue weighted by Crippen LogP contribution is 2.35. The quantitative estimate of drug-likeness (QED) is 0.713. The van der Waals surface area contributed by atoms with Crippen molar-refractivity contribution >= 4 is 0 Å². The van der Waals surface area contributed by atoms with Crippen molar-refractivity contribution < 1.29 is 9.47 Å². The number of hydrogen-bond acceptors (Lipinski definition) is 2. The minimum Gasteiger partial charge on any atom is -0.491 e. The number of aryl methyl sites for hydroxylation is 1. The van der Waals surface area contributed by atoms with Gasteiger partial charge in [0.2, 0.25) is 0 Å². The fourth-order valence-electron chi connectivity index (χ4n) is 2.02. The van der Waals surface area contributed by atoms with Crippen molar-refractivity contribution in [3.8, 4) is 11.5 Å². The average molecular weight is 264 g/mol. The molecule has 0 aliphatic carbocycles. The third-order valence-electron chi connectivity index (χ3n) is 3.18. The third-order valence-corrected chi connectivity index (χ3v) is 3.18. The van der Waals surface area contributed by atoms with E-state index in [-0.39, 0.29) is 12.2 Å². The maximum atomic E-state index is 5.95. The minimum atomic E-state index is 0.194. The summed E-state index contributed by atoms with van der Waals surface area (Å²) in [6.45, 7) is 14.7. The first kappa shape index (κ1) is 15.9.